The van der Waals surface area contributed by atoms with Crippen molar-refractivity contribution in [1.29, 1.82) is 0 Å². The highest BCUT2D eigenvalue weighted by Crippen LogP contribution is 2.20. The van der Waals surface area contributed by atoms with Crippen LogP contribution in [0.3, 0.4) is 0 Å². The van der Waals surface area contributed by atoms with Gasteiger partial charge in [-0.1, -0.05) is 17.3 Å². The van der Waals surface area contributed by atoms with Crippen molar-refractivity contribution in [2.24, 2.45) is 5.92 Å². The molecule has 1 atom stereocenters. The molecule has 2 heterocycles. The second kappa shape index (κ2) is 8.20. The minimum atomic E-state index is -0.406. The summed E-state index contributed by atoms with van der Waals surface area (Å²) in [4.78, 5) is 18.4. The Bertz CT molecular complexity index is 719. The number of nitrogens with one attached hydrogen (secondary N) is 1. The van der Waals surface area contributed by atoms with E-state index in [1.54, 1.807) is 18.2 Å². The van der Waals surface area contributed by atoms with Gasteiger partial charge in [-0.25, -0.2) is 4.39 Å². The summed E-state index contributed by atoms with van der Waals surface area (Å²) in [7, 11) is 2.12. The molecule has 1 fully saturated rings. The molecule has 1 aromatic heterocycles. The molecule has 1 N–H and O–H groups in total. The third-order valence-corrected chi connectivity index (χ3v) is 4.52. The van der Waals surface area contributed by atoms with Crippen molar-refractivity contribution in [3.8, 4) is 11.4 Å². The van der Waals surface area contributed by atoms with Gasteiger partial charge < -0.3 is 14.7 Å². The molecule has 3 rings (SSSR count). The zero-order valence-electron chi connectivity index (χ0n) is 14.4. The molecule has 0 spiro atoms. The van der Waals surface area contributed by atoms with E-state index < -0.39 is 5.82 Å². The Morgan fingerprint density at radius 3 is 3.08 bits per heavy atom. The van der Waals surface area contributed by atoms with E-state index in [1.807, 2.05) is 0 Å². The number of hydrogen-bond acceptors (Lipinski definition) is 5. The molecule has 1 aliphatic heterocycles. The molecule has 1 saturated heterocycles. The Morgan fingerprint density at radius 2 is 2.28 bits per heavy atom. The molecule has 0 unspecified atom stereocenters. The van der Waals surface area contributed by atoms with Crippen LogP contribution in [0.1, 0.15) is 31.6 Å². The molecule has 6 nitrogen and oxygen atoms in total. The van der Waals surface area contributed by atoms with E-state index in [9.17, 15) is 9.18 Å². The summed E-state index contributed by atoms with van der Waals surface area (Å²) >= 11 is 0. The first-order valence-corrected chi connectivity index (χ1v) is 8.64. The SMILES string of the molecule is CN1CCC[C@H](CCC(=O)NCc2nc(-c3ccccc3F)no2)C1. The molecule has 0 saturated carbocycles. The Morgan fingerprint density at radius 1 is 1.44 bits per heavy atom. The van der Waals surface area contributed by atoms with Crippen LogP contribution in [0, 0.1) is 11.7 Å². The van der Waals surface area contributed by atoms with Crippen molar-refractivity contribution in [2.75, 3.05) is 20.1 Å². The largest absolute Gasteiger partial charge is 0.347 e. The summed E-state index contributed by atoms with van der Waals surface area (Å²) in [5, 5.41) is 6.56. The zero-order chi connectivity index (χ0) is 17.6. The lowest BCUT2D eigenvalue weighted by Crippen LogP contribution is -2.33. The van der Waals surface area contributed by atoms with Gasteiger partial charge >= 0.3 is 0 Å². The minimum Gasteiger partial charge on any atom is -0.347 e. The molecule has 0 radical (unpaired) electrons. The second-order valence-corrected chi connectivity index (χ2v) is 6.58. The van der Waals surface area contributed by atoms with Crippen molar-refractivity contribution in [3.05, 3.63) is 36.0 Å². The lowest BCUT2D eigenvalue weighted by molar-refractivity contribution is -0.121. The third kappa shape index (κ3) is 4.85. The van der Waals surface area contributed by atoms with Crippen LogP contribution in [0.5, 0.6) is 0 Å². The number of likely N-dealkylation sites (tertiary alicyclic amines) is 1. The normalized spacial score (nSPS) is 18.2. The Hall–Kier alpha value is -2.28. The fraction of sp³-hybridized carbons (Fsp3) is 0.500. The summed E-state index contributed by atoms with van der Waals surface area (Å²) in [6.07, 6.45) is 3.77. The Kier molecular flexibility index (Phi) is 5.75. The van der Waals surface area contributed by atoms with E-state index in [0.29, 0.717) is 12.3 Å². The van der Waals surface area contributed by atoms with E-state index in [-0.39, 0.29) is 29.7 Å². The molecule has 7 heteroatoms. The zero-order valence-corrected chi connectivity index (χ0v) is 14.4. The van der Waals surface area contributed by atoms with Crippen LogP contribution in [-0.4, -0.2) is 41.1 Å². The molecule has 0 aliphatic carbocycles. The average Bonchev–Trinajstić information content (AvgIpc) is 3.07. The van der Waals surface area contributed by atoms with Gasteiger partial charge in [0.05, 0.1) is 12.1 Å². The topological polar surface area (TPSA) is 71.3 Å². The van der Waals surface area contributed by atoms with Crippen molar-refractivity contribution in [2.45, 2.75) is 32.2 Å². The van der Waals surface area contributed by atoms with Crippen LogP contribution in [0.4, 0.5) is 4.39 Å². The average molecular weight is 346 g/mol. The van der Waals surface area contributed by atoms with Gasteiger partial charge in [0.2, 0.25) is 17.6 Å². The molecule has 1 aromatic carbocycles. The first-order valence-electron chi connectivity index (χ1n) is 8.64. The Balaban J connectivity index is 1.46. The quantitative estimate of drug-likeness (QED) is 0.870. The van der Waals surface area contributed by atoms with E-state index in [1.165, 1.54) is 18.9 Å². The van der Waals surface area contributed by atoms with E-state index in [4.69, 9.17) is 4.52 Å². The molecule has 25 heavy (non-hydrogen) atoms. The van der Waals surface area contributed by atoms with Crippen LogP contribution >= 0.6 is 0 Å². The van der Waals surface area contributed by atoms with Gasteiger partial charge in [-0.3, -0.25) is 4.79 Å². The van der Waals surface area contributed by atoms with Crippen molar-refractivity contribution < 1.29 is 13.7 Å². The molecule has 2 aromatic rings. The number of piperidine rings is 1. The summed E-state index contributed by atoms with van der Waals surface area (Å²) in [6.45, 7) is 2.36. The third-order valence-electron chi connectivity index (χ3n) is 4.52. The predicted molar refractivity (Wildman–Crippen MR) is 91.0 cm³/mol. The number of hydrogen-bond donors (Lipinski definition) is 1. The number of aromatic nitrogens is 2. The highest BCUT2D eigenvalue weighted by Gasteiger charge is 2.18. The Labute approximate surface area is 146 Å². The second-order valence-electron chi connectivity index (χ2n) is 6.58. The van der Waals surface area contributed by atoms with Gasteiger partial charge in [0.25, 0.3) is 0 Å². The highest BCUT2D eigenvalue weighted by atomic mass is 19.1. The summed E-state index contributed by atoms with van der Waals surface area (Å²) in [6, 6.07) is 6.24. The summed E-state index contributed by atoms with van der Waals surface area (Å²) < 4.78 is 18.8. The molecular weight excluding hydrogens is 323 g/mol. The fourth-order valence-electron chi connectivity index (χ4n) is 3.19. The monoisotopic (exact) mass is 346 g/mol. The lowest BCUT2D eigenvalue weighted by Gasteiger charge is -2.29. The maximum absolute atomic E-state index is 13.7. The standard InChI is InChI=1S/C18H23FN4O2/c1-23-10-4-5-13(12-23)8-9-16(24)20-11-17-21-18(22-25-17)14-6-2-3-7-15(14)19/h2-3,6-7,13H,4-5,8-12H2,1H3,(H,20,24)/t13-/m1/s1. The van der Waals surface area contributed by atoms with Crippen LogP contribution in [0.2, 0.25) is 0 Å². The first-order chi connectivity index (χ1) is 12.1. The van der Waals surface area contributed by atoms with Crippen molar-refractivity contribution in [3.63, 3.8) is 0 Å². The van der Waals surface area contributed by atoms with E-state index in [0.717, 1.165) is 19.5 Å². The minimum absolute atomic E-state index is 0.0288. The number of rotatable bonds is 6. The summed E-state index contributed by atoms with van der Waals surface area (Å²) in [5.41, 5.74) is 0.283. The van der Waals surface area contributed by atoms with Crippen LogP contribution < -0.4 is 5.32 Å². The van der Waals surface area contributed by atoms with Gasteiger partial charge in [-0.2, -0.15) is 4.98 Å². The van der Waals surface area contributed by atoms with Crippen molar-refractivity contribution in [1.82, 2.24) is 20.4 Å². The van der Waals surface area contributed by atoms with Gasteiger partial charge in [-0.15, -0.1) is 0 Å². The van der Waals surface area contributed by atoms with Gasteiger partial charge in [0.1, 0.15) is 5.82 Å². The van der Waals surface area contributed by atoms with Gasteiger partial charge in [-0.05, 0) is 50.9 Å². The lowest BCUT2D eigenvalue weighted by atomic mass is 9.93. The van der Waals surface area contributed by atoms with Crippen LogP contribution in [-0.2, 0) is 11.3 Å². The van der Waals surface area contributed by atoms with Gasteiger partial charge in [0.15, 0.2) is 0 Å². The summed E-state index contributed by atoms with van der Waals surface area (Å²) in [5.74, 6) is 0.604. The molecule has 1 aliphatic rings. The smallest absolute Gasteiger partial charge is 0.246 e. The van der Waals surface area contributed by atoms with Crippen LogP contribution in [0.25, 0.3) is 11.4 Å². The maximum atomic E-state index is 13.7. The van der Waals surface area contributed by atoms with Gasteiger partial charge in [0, 0.05) is 13.0 Å². The molecule has 0 bridgehead atoms. The molecule has 1 amide bonds. The fourth-order valence-corrected chi connectivity index (χ4v) is 3.19. The maximum Gasteiger partial charge on any atom is 0.246 e. The number of amides is 1. The highest BCUT2D eigenvalue weighted by molar-refractivity contribution is 5.75. The molecule has 134 valence electrons. The van der Waals surface area contributed by atoms with Crippen LogP contribution in [0.15, 0.2) is 28.8 Å². The number of halogens is 1. The number of benzene rings is 1. The number of nitrogens with zero attached hydrogens (tertiary/aromatic N) is 3. The molecular formula is C18H23FN4O2. The number of carbonyl (C=O) groups excluding carboxylic acids is 1. The first kappa shape index (κ1) is 17.5. The predicted octanol–water partition coefficient (Wildman–Crippen LogP) is 2.61. The van der Waals surface area contributed by atoms with Crippen molar-refractivity contribution >= 4 is 5.91 Å². The van der Waals surface area contributed by atoms with E-state index in [2.05, 4.69) is 27.4 Å². The number of carbonyl (C=O) groups is 1. The van der Waals surface area contributed by atoms with E-state index >= 15 is 0 Å².